The average molecular weight is 970 g/mol. The lowest BCUT2D eigenvalue weighted by atomic mass is 9.46. The molecule has 11 heteroatoms. The van der Waals surface area contributed by atoms with Crippen molar-refractivity contribution in [2.45, 2.75) is 164 Å². The minimum Gasteiger partial charge on any atom is -0.469 e. The quantitative estimate of drug-likeness (QED) is 0.0996. The summed E-state index contributed by atoms with van der Waals surface area (Å²) in [6.45, 7) is 16.4. The first-order valence-corrected chi connectivity index (χ1v) is 26.2. The average Bonchev–Trinajstić information content (AvgIpc) is 3.85. The third-order valence-corrected chi connectivity index (χ3v) is 20.8. The zero-order valence-electron chi connectivity index (χ0n) is 41.4. The zero-order chi connectivity index (χ0) is 48.1. The van der Waals surface area contributed by atoms with E-state index in [1.807, 2.05) is 12.2 Å². The van der Waals surface area contributed by atoms with Crippen LogP contribution in [0.5, 0.6) is 0 Å². The van der Waals surface area contributed by atoms with E-state index in [4.69, 9.17) is 19.1 Å². The van der Waals surface area contributed by atoms with Crippen molar-refractivity contribution in [2.24, 2.45) is 86.8 Å². The van der Waals surface area contributed by atoms with Gasteiger partial charge in [0, 0.05) is 24.6 Å². The van der Waals surface area contributed by atoms with E-state index in [9.17, 15) is 24.0 Å². The number of rotatable bonds is 8. The van der Waals surface area contributed by atoms with Crippen LogP contribution in [0.15, 0.2) is 23.3 Å². The van der Waals surface area contributed by atoms with Gasteiger partial charge < -0.3 is 14.2 Å². The molecule has 65 heavy (non-hydrogen) atoms. The highest BCUT2D eigenvalue weighted by molar-refractivity contribution is 9.09. The Morgan fingerprint density at radius 2 is 1.05 bits per heavy atom. The second-order valence-electron chi connectivity index (χ2n) is 22.4. The first kappa shape index (κ1) is 53.1. The first-order valence-electron chi connectivity index (χ1n) is 25.0. The number of hydrogen-bond acceptors (Lipinski definition) is 10. The van der Waals surface area contributed by atoms with E-state index in [1.54, 1.807) is 6.92 Å². The molecule has 0 aliphatic heterocycles. The van der Waals surface area contributed by atoms with Crippen LogP contribution in [-0.4, -0.2) is 62.3 Å². The Balaban J connectivity index is 0.000000211. The molecule has 0 aromatic heterocycles. The molecule has 0 amide bonds. The minimum atomic E-state index is -0.833. The zero-order valence-corrected chi connectivity index (χ0v) is 43.0. The van der Waals surface area contributed by atoms with E-state index in [1.165, 1.54) is 103 Å². The number of carbonyl (C=O) groups excluding carboxylic acids is 7. The van der Waals surface area contributed by atoms with E-state index in [-0.39, 0.29) is 28.9 Å². The van der Waals surface area contributed by atoms with Crippen molar-refractivity contribution in [3.05, 3.63) is 23.3 Å². The van der Waals surface area contributed by atoms with Crippen molar-refractivity contribution in [3.8, 4) is 0 Å². The monoisotopic (exact) mass is 969 g/mol. The van der Waals surface area contributed by atoms with Gasteiger partial charge in [-0.25, -0.2) is 0 Å². The van der Waals surface area contributed by atoms with Gasteiger partial charge >= 0.3 is 24.1 Å². The third-order valence-electron chi connectivity index (χ3n) is 19.8. The number of alkyl halides is 1. The summed E-state index contributed by atoms with van der Waals surface area (Å²) < 4.78 is 14.1. The van der Waals surface area contributed by atoms with Gasteiger partial charge in [0.25, 0.3) is 0 Å². The molecule has 0 spiro atoms. The summed E-state index contributed by atoms with van der Waals surface area (Å²) >= 11 is 3.75. The molecule has 364 valence electrons. The molecule has 0 radical (unpaired) electrons. The Labute approximate surface area is 398 Å². The number of fused-ring (bicyclic) bond motifs is 10. The van der Waals surface area contributed by atoms with Crippen molar-refractivity contribution in [3.63, 3.8) is 0 Å². The van der Waals surface area contributed by atoms with Crippen molar-refractivity contribution in [1.82, 2.24) is 0 Å². The molecule has 0 saturated heterocycles. The van der Waals surface area contributed by atoms with Gasteiger partial charge in [0.15, 0.2) is 17.5 Å². The molecule has 8 aliphatic carbocycles. The number of ether oxygens (including phenoxy) is 3. The van der Waals surface area contributed by atoms with Gasteiger partial charge in [0.1, 0.15) is 0 Å². The fourth-order valence-corrected chi connectivity index (χ4v) is 16.9. The van der Waals surface area contributed by atoms with Crippen LogP contribution in [0.4, 0.5) is 0 Å². The Morgan fingerprint density at radius 1 is 0.631 bits per heavy atom. The fourth-order valence-electron chi connectivity index (χ4n) is 16.4. The highest BCUT2D eigenvalue weighted by atomic mass is 79.9. The van der Waals surface area contributed by atoms with E-state index in [0.29, 0.717) is 59.4 Å². The van der Waals surface area contributed by atoms with Crippen molar-refractivity contribution in [1.29, 1.82) is 0 Å². The summed E-state index contributed by atoms with van der Waals surface area (Å²) in [6, 6.07) is 0. The molecule has 6 fully saturated rings. The van der Waals surface area contributed by atoms with E-state index in [2.05, 4.69) is 62.2 Å². The molecule has 0 aromatic rings. The standard InChI is InChI=1S/C27H40O5.C22H33BrO.C4H8O2.CO2/c1-16(14-20(24(29)31-4)25(30)32-5)21-8-9-22-19-7-6-17-15-18(28)10-12-26(17,2)23(19)11-13-27(21,22)3;1-14(13-23)18-6-7-19-17-5-4-15-12-16(24)8-10-21(15,2)20(17)9-11-22(18,19)3;1-3-4(5)6-2;2-1-3/h15-16,19-23H,6-14H2,1-5H3;12,14,17-20H,4-11,13H2,1-3H3;3H2,1-2H3;/t16-,19?,21?,22?,23?,26+,27-;14-,17?,18?,19?,20?,21+,22-;;/m11../s1. The van der Waals surface area contributed by atoms with Crippen LogP contribution in [0.25, 0.3) is 0 Å². The van der Waals surface area contributed by atoms with Gasteiger partial charge in [-0.1, -0.05) is 75.5 Å². The summed E-state index contributed by atoms with van der Waals surface area (Å²) in [6.07, 6.45) is 24.2. The van der Waals surface area contributed by atoms with E-state index in [0.717, 1.165) is 66.5 Å². The Kier molecular flexibility index (Phi) is 18.0. The number of allylic oxidation sites excluding steroid dienone is 2. The number of esters is 3. The molecule has 0 bridgehead atoms. The van der Waals surface area contributed by atoms with E-state index >= 15 is 0 Å². The maximum absolute atomic E-state index is 12.3. The van der Waals surface area contributed by atoms with Crippen LogP contribution < -0.4 is 0 Å². The number of ketones is 2. The molecule has 10 nitrogen and oxygen atoms in total. The number of hydrogen-bond donors (Lipinski definition) is 0. The number of carbonyl (C=O) groups is 5. The lowest BCUT2D eigenvalue weighted by Gasteiger charge is -2.58. The van der Waals surface area contributed by atoms with Crippen LogP contribution in [0, 0.1) is 86.8 Å². The largest absolute Gasteiger partial charge is 0.469 e. The van der Waals surface area contributed by atoms with Crippen LogP contribution >= 0.6 is 15.9 Å². The number of methoxy groups -OCH3 is 3. The predicted octanol–water partition coefficient (Wildman–Crippen LogP) is 11.3. The smallest absolute Gasteiger partial charge is 0.373 e. The molecule has 6 saturated carbocycles. The SMILES string of the molecule is CCC(=O)OC.COC(=O)C(C[C@@H](C)C1CCC2C3CCC4=CC(=O)CC[C@]4(C)C3CC[C@@]21C)C(=O)OC.C[C@H](CBr)C1CCC2C3CCC4=CC(=O)CC[C@]4(C)C3CC[C@@]21C.O=C=O. The lowest BCUT2D eigenvalue weighted by Crippen LogP contribution is -2.51. The second kappa shape index (κ2) is 22.0. The fraction of sp³-hybridized carbons (Fsp3) is 0.815. The second-order valence-corrected chi connectivity index (χ2v) is 23.0. The Hall–Kier alpha value is -2.91. The molecule has 8 rings (SSSR count). The summed E-state index contributed by atoms with van der Waals surface area (Å²) in [5.41, 5.74) is 4.27. The molecular formula is C54H81BrO10. The van der Waals surface area contributed by atoms with Gasteiger partial charge in [-0.05, 0) is 189 Å². The van der Waals surface area contributed by atoms with Crippen LogP contribution in [0.3, 0.4) is 0 Å². The summed E-state index contributed by atoms with van der Waals surface area (Å²) in [4.78, 5) is 74.7. The van der Waals surface area contributed by atoms with Crippen molar-refractivity contribution < 1.29 is 47.8 Å². The highest BCUT2D eigenvalue weighted by Crippen LogP contribution is 2.69. The van der Waals surface area contributed by atoms with Crippen molar-refractivity contribution >= 4 is 51.6 Å². The molecule has 0 aromatic carbocycles. The normalized spacial score (nSPS) is 38.3. The lowest BCUT2D eigenvalue weighted by molar-refractivity contribution is -0.192. The molecule has 8 aliphatic rings. The van der Waals surface area contributed by atoms with Crippen LogP contribution in [0.2, 0.25) is 0 Å². The van der Waals surface area contributed by atoms with Gasteiger partial charge in [-0.2, -0.15) is 9.59 Å². The molecule has 0 heterocycles. The first-order chi connectivity index (χ1) is 30.8. The highest BCUT2D eigenvalue weighted by Gasteiger charge is 2.61. The van der Waals surface area contributed by atoms with Gasteiger partial charge in [-0.15, -0.1) is 0 Å². The summed E-state index contributed by atoms with van der Waals surface area (Å²) in [5.74, 6) is 5.97. The maximum atomic E-state index is 12.3. The van der Waals surface area contributed by atoms with Crippen LogP contribution in [-0.2, 0) is 47.8 Å². The molecular weight excluding hydrogens is 888 g/mol. The Bertz CT molecular complexity index is 1830. The van der Waals surface area contributed by atoms with Gasteiger partial charge in [-0.3, -0.25) is 24.0 Å². The Morgan fingerprint density at radius 3 is 1.40 bits per heavy atom. The van der Waals surface area contributed by atoms with Gasteiger partial charge in [0.2, 0.25) is 0 Å². The molecule has 14 atom stereocenters. The topological polar surface area (TPSA) is 147 Å². The predicted molar refractivity (Wildman–Crippen MR) is 252 cm³/mol. The summed E-state index contributed by atoms with van der Waals surface area (Å²) in [5, 5.41) is 1.15. The van der Waals surface area contributed by atoms with Crippen LogP contribution in [0.1, 0.15) is 164 Å². The third kappa shape index (κ3) is 10.4. The number of halogens is 1. The van der Waals surface area contributed by atoms with Gasteiger partial charge in [0.05, 0.1) is 21.3 Å². The van der Waals surface area contributed by atoms with E-state index < -0.39 is 17.9 Å². The van der Waals surface area contributed by atoms with Crippen molar-refractivity contribution in [2.75, 3.05) is 26.7 Å². The minimum absolute atomic E-state index is 0.157. The summed E-state index contributed by atoms with van der Waals surface area (Å²) in [7, 11) is 4.05. The molecule has 0 N–H and O–H groups in total. The molecule has 8 unspecified atom stereocenters. The maximum Gasteiger partial charge on any atom is 0.373 e.